The summed E-state index contributed by atoms with van der Waals surface area (Å²) in [5.74, 6) is 0.138. The summed E-state index contributed by atoms with van der Waals surface area (Å²) in [6.07, 6.45) is 2.40. The molecule has 2 aliphatic rings. The molecule has 1 unspecified atom stereocenters. The SMILES string of the molecule is CC1=CC(O)=C2C(=O)Oc3ccccc3C2C1. The molecular formula is C14H12O3. The van der Waals surface area contributed by atoms with Crippen LogP contribution in [0.5, 0.6) is 5.75 Å². The summed E-state index contributed by atoms with van der Waals surface area (Å²) in [6.45, 7) is 1.95. The molecule has 0 amide bonds. The Morgan fingerprint density at radius 2 is 2.12 bits per heavy atom. The molecule has 0 radical (unpaired) electrons. The topological polar surface area (TPSA) is 46.5 Å². The van der Waals surface area contributed by atoms with Crippen LogP contribution >= 0.6 is 0 Å². The monoisotopic (exact) mass is 228 g/mol. The summed E-state index contributed by atoms with van der Waals surface area (Å²) in [5.41, 5.74) is 2.43. The van der Waals surface area contributed by atoms with Crippen LogP contribution < -0.4 is 4.74 Å². The van der Waals surface area contributed by atoms with Crippen LogP contribution in [-0.2, 0) is 4.79 Å². The van der Waals surface area contributed by atoms with E-state index in [-0.39, 0.29) is 11.7 Å². The molecule has 0 spiro atoms. The minimum Gasteiger partial charge on any atom is -0.507 e. The number of carbonyl (C=O) groups is 1. The van der Waals surface area contributed by atoms with Crippen molar-refractivity contribution in [2.75, 3.05) is 0 Å². The van der Waals surface area contributed by atoms with Gasteiger partial charge in [0, 0.05) is 11.5 Å². The van der Waals surface area contributed by atoms with E-state index >= 15 is 0 Å². The van der Waals surface area contributed by atoms with Gasteiger partial charge in [-0.2, -0.15) is 0 Å². The van der Waals surface area contributed by atoms with Crippen molar-refractivity contribution in [1.29, 1.82) is 0 Å². The van der Waals surface area contributed by atoms with Gasteiger partial charge in [-0.3, -0.25) is 0 Å². The predicted octanol–water partition coefficient (Wildman–Crippen LogP) is 2.85. The van der Waals surface area contributed by atoms with E-state index in [1.54, 1.807) is 12.1 Å². The minimum atomic E-state index is -0.435. The molecule has 1 aromatic rings. The fourth-order valence-electron chi connectivity index (χ4n) is 2.50. The number of rotatable bonds is 0. The molecule has 3 nitrogen and oxygen atoms in total. The molecule has 0 saturated heterocycles. The number of benzene rings is 1. The summed E-state index contributed by atoms with van der Waals surface area (Å²) in [4.78, 5) is 11.8. The lowest BCUT2D eigenvalue weighted by Crippen LogP contribution is -2.26. The standard InChI is InChI=1S/C14H12O3/c1-8-6-10-9-4-2-3-5-12(9)17-14(16)13(10)11(15)7-8/h2-5,7,10,15H,6H2,1H3. The largest absolute Gasteiger partial charge is 0.507 e. The smallest absolute Gasteiger partial charge is 0.343 e. The van der Waals surface area contributed by atoms with E-state index in [1.165, 1.54) is 0 Å². The molecule has 1 heterocycles. The van der Waals surface area contributed by atoms with Crippen molar-refractivity contribution in [3.8, 4) is 5.75 Å². The second kappa shape index (κ2) is 3.48. The van der Waals surface area contributed by atoms with Gasteiger partial charge in [0.1, 0.15) is 11.5 Å². The third-order valence-corrected chi connectivity index (χ3v) is 3.25. The van der Waals surface area contributed by atoms with Gasteiger partial charge in [0.25, 0.3) is 0 Å². The van der Waals surface area contributed by atoms with E-state index < -0.39 is 5.97 Å². The van der Waals surface area contributed by atoms with Gasteiger partial charge in [0.15, 0.2) is 0 Å². The minimum absolute atomic E-state index is 0.0400. The molecule has 0 saturated carbocycles. The first kappa shape index (κ1) is 10.1. The number of carbonyl (C=O) groups excluding carboxylic acids is 1. The zero-order valence-corrected chi connectivity index (χ0v) is 9.43. The Labute approximate surface area is 99.0 Å². The fraction of sp³-hybridized carbons (Fsp3) is 0.214. The van der Waals surface area contributed by atoms with Crippen LogP contribution in [0.15, 0.2) is 47.2 Å². The van der Waals surface area contributed by atoms with Crippen LogP contribution in [0.2, 0.25) is 0 Å². The summed E-state index contributed by atoms with van der Waals surface area (Å²) in [7, 11) is 0. The van der Waals surface area contributed by atoms with Crippen molar-refractivity contribution in [3.63, 3.8) is 0 Å². The van der Waals surface area contributed by atoms with Crippen LogP contribution in [-0.4, -0.2) is 11.1 Å². The highest BCUT2D eigenvalue weighted by Gasteiger charge is 2.36. The summed E-state index contributed by atoms with van der Waals surface area (Å²) in [5, 5.41) is 9.87. The maximum atomic E-state index is 11.8. The lowest BCUT2D eigenvalue weighted by Gasteiger charge is -2.29. The Bertz CT molecular complexity index is 567. The molecule has 17 heavy (non-hydrogen) atoms. The van der Waals surface area contributed by atoms with E-state index in [0.717, 1.165) is 17.6 Å². The van der Waals surface area contributed by atoms with Gasteiger partial charge in [0.2, 0.25) is 0 Å². The van der Waals surface area contributed by atoms with Gasteiger partial charge in [-0.05, 0) is 25.5 Å². The Balaban J connectivity index is 2.21. The molecule has 1 aromatic carbocycles. The summed E-state index contributed by atoms with van der Waals surface area (Å²) in [6, 6.07) is 7.49. The van der Waals surface area contributed by atoms with Crippen molar-refractivity contribution >= 4 is 5.97 Å². The number of aliphatic hydroxyl groups is 1. The average molecular weight is 228 g/mol. The maximum absolute atomic E-state index is 11.8. The molecule has 3 rings (SSSR count). The average Bonchev–Trinajstić information content (AvgIpc) is 2.28. The number of ether oxygens (including phenoxy) is 1. The normalized spacial score (nSPS) is 22.5. The van der Waals surface area contributed by atoms with Gasteiger partial charge < -0.3 is 9.84 Å². The molecule has 0 bridgehead atoms. The fourth-order valence-corrected chi connectivity index (χ4v) is 2.50. The number of allylic oxidation sites excluding steroid dienone is 2. The first-order valence-corrected chi connectivity index (χ1v) is 5.58. The number of esters is 1. The van der Waals surface area contributed by atoms with E-state index in [0.29, 0.717) is 11.3 Å². The Morgan fingerprint density at radius 1 is 1.35 bits per heavy atom. The molecule has 0 aromatic heterocycles. The van der Waals surface area contributed by atoms with E-state index in [2.05, 4.69) is 0 Å². The quantitative estimate of drug-likeness (QED) is 0.548. The molecule has 0 fully saturated rings. The first-order chi connectivity index (χ1) is 8.16. The Hall–Kier alpha value is -2.03. The van der Waals surface area contributed by atoms with Gasteiger partial charge in [-0.1, -0.05) is 23.8 Å². The highest BCUT2D eigenvalue weighted by Crippen LogP contribution is 2.44. The van der Waals surface area contributed by atoms with Crippen molar-refractivity contribution in [1.82, 2.24) is 0 Å². The molecule has 1 N–H and O–H groups in total. The van der Waals surface area contributed by atoms with Crippen LogP contribution in [0.4, 0.5) is 0 Å². The van der Waals surface area contributed by atoms with E-state index in [9.17, 15) is 9.90 Å². The third kappa shape index (κ3) is 1.46. The zero-order chi connectivity index (χ0) is 12.0. The zero-order valence-electron chi connectivity index (χ0n) is 9.43. The summed E-state index contributed by atoms with van der Waals surface area (Å²) < 4.78 is 5.22. The first-order valence-electron chi connectivity index (χ1n) is 5.58. The van der Waals surface area contributed by atoms with E-state index in [4.69, 9.17) is 4.74 Å². The molecule has 1 aliphatic heterocycles. The lowest BCUT2D eigenvalue weighted by atomic mass is 9.80. The summed E-state index contributed by atoms with van der Waals surface area (Å²) >= 11 is 0. The molecule has 3 heteroatoms. The molecule has 86 valence electrons. The van der Waals surface area contributed by atoms with Crippen LogP contribution in [0.1, 0.15) is 24.8 Å². The number of hydrogen-bond donors (Lipinski definition) is 1. The van der Waals surface area contributed by atoms with Crippen LogP contribution in [0.25, 0.3) is 0 Å². The van der Waals surface area contributed by atoms with Gasteiger partial charge >= 0.3 is 5.97 Å². The van der Waals surface area contributed by atoms with Crippen molar-refractivity contribution in [2.24, 2.45) is 0 Å². The number of fused-ring (bicyclic) bond motifs is 3. The van der Waals surface area contributed by atoms with Crippen LogP contribution in [0, 0.1) is 0 Å². The van der Waals surface area contributed by atoms with Gasteiger partial charge in [-0.15, -0.1) is 0 Å². The number of para-hydroxylation sites is 1. The predicted molar refractivity (Wildman–Crippen MR) is 62.8 cm³/mol. The molecule has 1 atom stereocenters. The van der Waals surface area contributed by atoms with Gasteiger partial charge in [0.05, 0.1) is 5.57 Å². The second-order valence-corrected chi connectivity index (χ2v) is 4.47. The second-order valence-electron chi connectivity index (χ2n) is 4.47. The van der Waals surface area contributed by atoms with Gasteiger partial charge in [-0.25, -0.2) is 4.79 Å². The van der Waals surface area contributed by atoms with Crippen LogP contribution in [0.3, 0.4) is 0 Å². The Kier molecular flexibility index (Phi) is 2.08. The highest BCUT2D eigenvalue weighted by atomic mass is 16.5. The van der Waals surface area contributed by atoms with E-state index in [1.807, 2.05) is 25.1 Å². The number of aliphatic hydroxyl groups excluding tert-OH is 1. The highest BCUT2D eigenvalue weighted by molar-refractivity contribution is 5.95. The molecular weight excluding hydrogens is 216 g/mol. The Morgan fingerprint density at radius 3 is 2.94 bits per heavy atom. The number of hydrogen-bond acceptors (Lipinski definition) is 3. The third-order valence-electron chi connectivity index (χ3n) is 3.25. The lowest BCUT2D eigenvalue weighted by molar-refractivity contribution is -0.131. The van der Waals surface area contributed by atoms with Crippen molar-refractivity contribution < 1.29 is 14.6 Å². The van der Waals surface area contributed by atoms with Crippen molar-refractivity contribution in [3.05, 3.63) is 52.8 Å². The van der Waals surface area contributed by atoms with Crippen molar-refractivity contribution in [2.45, 2.75) is 19.3 Å². The maximum Gasteiger partial charge on any atom is 0.343 e. The molecule has 1 aliphatic carbocycles.